The maximum absolute atomic E-state index is 12.6. The molecule has 0 saturated carbocycles. The van der Waals surface area contributed by atoms with E-state index >= 15 is 0 Å². The Balaban J connectivity index is 1.73. The van der Waals surface area contributed by atoms with Gasteiger partial charge < -0.3 is 9.47 Å². The van der Waals surface area contributed by atoms with Crippen LogP contribution < -0.4 is 0 Å². The van der Waals surface area contributed by atoms with E-state index in [1.54, 1.807) is 6.92 Å². The second kappa shape index (κ2) is 9.14. The summed E-state index contributed by atoms with van der Waals surface area (Å²) in [4.78, 5) is 26.0. The molecule has 1 heterocycles. The van der Waals surface area contributed by atoms with Crippen molar-refractivity contribution < 1.29 is 19.1 Å². The van der Waals surface area contributed by atoms with Crippen molar-refractivity contribution in [3.63, 3.8) is 0 Å². The molecule has 27 heavy (non-hydrogen) atoms. The fourth-order valence-corrected chi connectivity index (χ4v) is 4.85. The number of hydrogen-bond acceptors (Lipinski definition) is 5. The average Bonchev–Trinajstić information content (AvgIpc) is 3.00. The summed E-state index contributed by atoms with van der Waals surface area (Å²) in [6.07, 6.45) is 0. The van der Waals surface area contributed by atoms with Crippen LogP contribution in [0.2, 0.25) is 0 Å². The number of carbonyl (C=O) groups excluding carboxylic acids is 2. The molecule has 0 atom stereocenters. The van der Waals surface area contributed by atoms with Crippen molar-refractivity contribution in [2.24, 2.45) is 0 Å². The van der Waals surface area contributed by atoms with Gasteiger partial charge in [-0.25, -0.2) is 9.59 Å². The van der Waals surface area contributed by atoms with Gasteiger partial charge in [-0.1, -0.05) is 60.7 Å². The Morgan fingerprint density at radius 3 is 1.74 bits per heavy atom. The van der Waals surface area contributed by atoms with Gasteiger partial charge in [-0.05, 0) is 40.6 Å². The minimum atomic E-state index is -0.515. The van der Waals surface area contributed by atoms with Gasteiger partial charge in [0.25, 0.3) is 0 Å². The van der Waals surface area contributed by atoms with Crippen LogP contribution in [-0.2, 0) is 22.7 Å². The number of esters is 2. The lowest BCUT2D eigenvalue weighted by molar-refractivity contribution is 0.0425. The van der Waals surface area contributed by atoms with E-state index in [1.165, 1.54) is 11.3 Å². The molecule has 0 radical (unpaired) electrons. The second-order valence-electron chi connectivity index (χ2n) is 5.81. The first kappa shape index (κ1) is 19.6. The number of aryl methyl sites for hydroxylation is 1. The predicted molar refractivity (Wildman–Crippen MR) is 113 cm³/mol. The minimum absolute atomic E-state index is 0.156. The van der Waals surface area contributed by atoms with E-state index in [9.17, 15) is 9.59 Å². The van der Waals surface area contributed by atoms with Gasteiger partial charge in [0.15, 0.2) is 0 Å². The van der Waals surface area contributed by atoms with Crippen molar-refractivity contribution in [2.75, 3.05) is 0 Å². The molecule has 3 aromatic rings. The molecule has 0 fully saturated rings. The highest BCUT2D eigenvalue weighted by Crippen LogP contribution is 2.31. The molecule has 0 amide bonds. The Hall–Kier alpha value is -2.19. The van der Waals surface area contributed by atoms with Crippen LogP contribution in [0.3, 0.4) is 0 Å². The van der Waals surface area contributed by atoms with E-state index in [2.05, 4.69) is 22.6 Å². The molecule has 0 unspecified atom stereocenters. The van der Waals surface area contributed by atoms with E-state index in [1.807, 2.05) is 60.7 Å². The number of halogens is 1. The van der Waals surface area contributed by atoms with Gasteiger partial charge in [-0.3, -0.25) is 0 Å². The second-order valence-corrected chi connectivity index (χ2v) is 8.84. The molecule has 0 aliphatic heterocycles. The van der Waals surface area contributed by atoms with Crippen LogP contribution in [-0.4, -0.2) is 11.9 Å². The third-order valence-electron chi connectivity index (χ3n) is 3.88. The highest BCUT2D eigenvalue weighted by molar-refractivity contribution is 14.1. The molecule has 0 saturated heterocycles. The van der Waals surface area contributed by atoms with Crippen molar-refractivity contribution in [2.45, 2.75) is 20.1 Å². The van der Waals surface area contributed by atoms with E-state index in [4.69, 9.17) is 9.47 Å². The first-order valence-corrected chi connectivity index (χ1v) is 10.2. The number of benzene rings is 2. The molecule has 0 aliphatic carbocycles. The Labute approximate surface area is 175 Å². The fraction of sp³-hybridized carbons (Fsp3) is 0.143. The molecule has 3 rings (SSSR count). The monoisotopic (exact) mass is 492 g/mol. The van der Waals surface area contributed by atoms with Crippen molar-refractivity contribution in [1.82, 2.24) is 0 Å². The first-order valence-electron chi connectivity index (χ1n) is 8.27. The van der Waals surface area contributed by atoms with Gasteiger partial charge in [-0.2, -0.15) is 0 Å². The third-order valence-corrected chi connectivity index (χ3v) is 5.97. The zero-order valence-corrected chi connectivity index (χ0v) is 17.6. The molecule has 1 aromatic heterocycles. The largest absolute Gasteiger partial charge is 0.457 e. The number of ether oxygens (including phenoxy) is 2. The fourth-order valence-electron chi connectivity index (χ4n) is 2.53. The first-order chi connectivity index (χ1) is 13.1. The normalized spacial score (nSPS) is 10.4. The Morgan fingerprint density at radius 1 is 0.815 bits per heavy atom. The molecular formula is C21H17IO4S. The summed E-state index contributed by atoms with van der Waals surface area (Å²) >= 11 is 3.44. The maximum Gasteiger partial charge on any atom is 0.341 e. The van der Waals surface area contributed by atoms with Crippen molar-refractivity contribution in [3.8, 4) is 0 Å². The molecule has 0 spiro atoms. The Kier molecular flexibility index (Phi) is 6.63. The number of carbonyl (C=O) groups is 2. The third kappa shape index (κ3) is 4.95. The minimum Gasteiger partial charge on any atom is -0.457 e. The maximum atomic E-state index is 12.6. The Bertz CT molecular complexity index is 860. The molecule has 4 nitrogen and oxygen atoms in total. The smallest absolute Gasteiger partial charge is 0.341 e. The number of thiophene rings is 1. The summed E-state index contributed by atoms with van der Waals surface area (Å²) < 4.78 is 11.6. The lowest BCUT2D eigenvalue weighted by atomic mass is 10.1. The van der Waals surface area contributed by atoms with Gasteiger partial charge in [0, 0.05) is 4.88 Å². The van der Waals surface area contributed by atoms with Crippen molar-refractivity contribution in [1.29, 1.82) is 0 Å². The average molecular weight is 492 g/mol. The molecule has 0 N–H and O–H groups in total. The van der Waals surface area contributed by atoms with Gasteiger partial charge >= 0.3 is 11.9 Å². The molecule has 0 aliphatic rings. The van der Waals surface area contributed by atoms with Gasteiger partial charge in [0.2, 0.25) is 0 Å². The summed E-state index contributed by atoms with van der Waals surface area (Å²) in [5.41, 5.74) is 2.35. The van der Waals surface area contributed by atoms with E-state index < -0.39 is 11.9 Å². The van der Waals surface area contributed by atoms with Crippen LogP contribution in [0.15, 0.2) is 60.7 Å². The van der Waals surface area contributed by atoms with Gasteiger partial charge in [0.1, 0.15) is 13.2 Å². The quantitative estimate of drug-likeness (QED) is 0.343. The zero-order valence-electron chi connectivity index (χ0n) is 14.6. The molecule has 2 aromatic carbocycles. The van der Waals surface area contributed by atoms with Crippen LogP contribution >= 0.6 is 33.9 Å². The van der Waals surface area contributed by atoms with Crippen LogP contribution in [0.1, 0.15) is 36.7 Å². The topological polar surface area (TPSA) is 52.6 Å². The predicted octanol–water partition coefficient (Wildman–Crippen LogP) is 5.38. The van der Waals surface area contributed by atoms with Gasteiger partial charge in [-0.15, -0.1) is 11.3 Å². The number of rotatable bonds is 6. The standard InChI is InChI=1S/C21H17IO4S/c1-14-17(20(23)25-12-15-8-4-2-5-9-15)18(19(22)27-14)21(24)26-13-16-10-6-3-7-11-16/h2-11H,12-13H2,1H3. The van der Waals surface area contributed by atoms with Gasteiger partial charge in [0.05, 0.1) is 14.0 Å². The Morgan fingerprint density at radius 2 is 1.26 bits per heavy atom. The van der Waals surface area contributed by atoms with Crippen LogP contribution in [0, 0.1) is 9.81 Å². The highest BCUT2D eigenvalue weighted by Gasteiger charge is 2.27. The lowest BCUT2D eigenvalue weighted by Crippen LogP contribution is -2.14. The highest BCUT2D eigenvalue weighted by atomic mass is 127. The summed E-state index contributed by atoms with van der Waals surface area (Å²) in [5, 5.41) is 0. The van der Waals surface area contributed by atoms with Crippen molar-refractivity contribution >= 4 is 45.9 Å². The van der Waals surface area contributed by atoms with Crippen molar-refractivity contribution in [3.05, 3.63) is 90.7 Å². The van der Waals surface area contributed by atoms with E-state index in [0.29, 0.717) is 5.56 Å². The molecule has 0 bridgehead atoms. The molecule has 6 heteroatoms. The number of hydrogen-bond donors (Lipinski definition) is 0. The van der Waals surface area contributed by atoms with Crippen LogP contribution in [0.5, 0.6) is 0 Å². The lowest BCUT2D eigenvalue weighted by Gasteiger charge is -2.08. The van der Waals surface area contributed by atoms with E-state index in [0.717, 1.165) is 18.9 Å². The van der Waals surface area contributed by atoms with Crippen LogP contribution in [0.25, 0.3) is 0 Å². The summed E-state index contributed by atoms with van der Waals surface area (Å²) in [6.45, 7) is 2.12. The summed E-state index contributed by atoms with van der Waals surface area (Å²) in [6, 6.07) is 18.9. The summed E-state index contributed by atoms with van der Waals surface area (Å²) in [7, 11) is 0. The summed E-state index contributed by atoms with van der Waals surface area (Å²) in [5.74, 6) is -1.03. The zero-order chi connectivity index (χ0) is 19.2. The molecule has 138 valence electrons. The molecular weight excluding hydrogens is 475 g/mol. The van der Waals surface area contributed by atoms with E-state index in [-0.39, 0.29) is 18.8 Å². The SMILES string of the molecule is Cc1sc(I)c(C(=O)OCc2ccccc2)c1C(=O)OCc1ccccc1. The van der Waals surface area contributed by atoms with Crippen LogP contribution in [0.4, 0.5) is 0 Å².